The third-order valence-corrected chi connectivity index (χ3v) is 3.48. The van der Waals surface area contributed by atoms with Crippen LogP contribution in [0.15, 0.2) is 12.1 Å². The standard InChI is InChI=1S/C15H22BrNO4/c1-10(2)17(7-6-16)15(18)11-8-12(19-3)14(21-5)13(9-11)20-4/h8-10H,6-7H2,1-5H3. The number of methoxy groups -OCH3 is 3. The lowest BCUT2D eigenvalue weighted by Gasteiger charge is -2.26. The van der Waals surface area contributed by atoms with Crippen molar-refractivity contribution in [2.24, 2.45) is 0 Å². The first kappa shape index (κ1) is 17.6. The maximum atomic E-state index is 12.7. The van der Waals surface area contributed by atoms with Crippen molar-refractivity contribution in [3.63, 3.8) is 0 Å². The quantitative estimate of drug-likeness (QED) is 0.702. The van der Waals surface area contributed by atoms with Crippen LogP contribution in [-0.4, -0.2) is 50.1 Å². The van der Waals surface area contributed by atoms with Crippen molar-refractivity contribution in [3.8, 4) is 17.2 Å². The van der Waals surface area contributed by atoms with Crippen molar-refractivity contribution >= 4 is 21.8 Å². The molecule has 0 saturated carbocycles. The summed E-state index contributed by atoms with van der Waals surface area (Å²) in [4.78, 5) is 14.5. The zero-order valence-electron chi connectivity index (χ0n) is 13.1. The lowest BCUT2D eigenvalue weighted by molar-refractivity contribution is 0.0718. The molecule has 0 bridgehead atoms. The Balaban J connectivity index is 3.26. The summed E-state index contributed by atoms with van der Waals surface area (Å²) in [6.07, 6.45) is 0. The second-order valence-electron chi connectivity index (χ2n) is 4.70. The zero-order chi connectivity index (χ0) is 16.0. The van der Waals surface area contributed by atoms with Crippen molar-refractivity contribution in [2.75, 3.05) is 33.2 Å². The van der Waals surface area contributed by atoms with Gasteiger partial charge in [-0.15, -0.1) is 0 Å². The minimum atomic E-state index is -0.0660. The van der Waals surface area contributed by atoms with Gasteiger partial charge in [0.15, 0.2) is 11.5 Å². The Labute approximate surface area is 134 Å². The van der Waals surface area contributed by atoms with Gasteiger partial charge < -0.3 is 19.1 Å². The summed E-state index contributed by atoms with van der Waals surface area (Å²) < 4.78 is 15.8. The molecule has 0 aliphatic rings. The molecule has 0 atom stereocenters. The summed E-state index contributed by atoms with van der Waals surface area (Å²) in [7, 11) is 4.60. The SMILES string of the molecule is COc1cc(C(=O)N(CCBr)C(C)C)cc(OC)c1OC. The summed E-state index contributed by atoms with van der Waals surface area (Å²) in [5.74, 6) is 1.36. The molecule has 0 aromatic heterocycles. The van der Waals surface area contributed by atoms with Crippen LogP contribution in [0.3, 0.4) is 0 Å². The average Bonchev–Trinajstić information content (AvgIpc) is 2.49. The Morgan fingerprint density at radius 2 is 1.67 bits per heavy atom. The molecule has 0 fully saturated rings. The highest BCUT2D eigenvalue weighted by Gasteiger charge is 2.22. The molecule has 1 rings (SSSR count). The van der Waals surface area contributed by atoms with Gasteiger partial charge in [0.25, 0.3) is 5.91 Å². The fourth-order valence-electron chi connectivity index (χ4n) is 2.06. The van der Waals surface area contributed by atoms with Crippen molar-refractivity contribution in [2.45, 2.75) is 19.9 Å². The maximum absolute atomic E-state index is 12.7. The number of nitrogens with zero attached hydrogens (tertiary/aromatic N) is 1. The van der Waals surface area contributed by atoms with E-state index in [0.717, 1.165) is 5.33 Å². The minimum absolute atomic E-state index is 0.0660. The normalized spacial score (nSPS) is 10.4. The Morgan fingerprint density at radius 3 is 2.00 bits per heavy atom. The fraction of sp³-hybridized carbons (Fsp3) is 0.533. The van der Waals surface area contributed by atoms with Gasteiger partial charge >= 0.3 is 0 Å². The molecule has 1 amide bonds. The van der Waals surface area contributed by atoms with Gasteiger partial charge in [0.2, 0.25) is 5.75 Å². The van der Waals surface area contributed by atoms with Crippen LogP contribution in [0.25, 0.3) is 0 Å². The molecule has 21 heavy (non-hydrogen) atoms. The maximum Gasteiger partial charge on any atom is 0.254 e. The van der Waals surface area contributed by atoms with Gasteiger partial charge in [-0.05, 0) is 26.0 Å². The van der Waals surface area contributed by atoms with E-state index in [4.69, 9.17) is 14.2 Å². The number of rotatable bonds is 7. The largest absolute Gasteiger partial charge is 0.493 e. The topological polar surface area (TPSA) is 48.0 Å². The number of ether oxygens (including phenoxy) is 3. The molecule has 118 valence electrons. The lowest BCUT2D eigenvalue weighted by Crippen LogP contribution is -2.38. The first-order chi connectivity index (χ1) is 9.99. The molecule has 0 saturated heterocycles. The molecule has 0 N–H and O–H groups in total. The van der Waals surface area contributed by atoms with Crippen LogP contribution in [-0.2, 0) is 0 Å². The number of carbonyl (C=O) groups excluding carboxylic acids is 1. The highest BCUT2D eigenvalue weighted by atomic mass is 79.9. The zero-order valence-corrected chi connectivity index (χ0v) is 14.7. The summed E-state index contributed by atoms with van der Waals surface area (Å²) in [5.41, 5.74) is 0.513. The van der Waals surface area contributed by atoms with Crippen LogP contribution in [0.5, 0.6) is 17.2 Å². The highest BCUT2D eigenvalue weighted by molar-refractivity contribution is 9.09. The van der Waals surface area contributed by atoms with E-state index < -0.39 is 0 Å². The third kappa shape index (κ3) is 4.03. The molecule has 0 radical (unpaired) electrons. The van der Waals surface area contributed by atoms with Gasteiger partial charge in [0, 0.05) is 23.5 Å². The van der Waals surface area contributed by atoms with Crippen LogP contribution in [0.4, 0.5) is 0 Å². The predicted molar refractivity (Wildman–Crippen MR) is 86.1 cm³/mol. The van der Waals surface area contributed by atoms with Crippen molar-refractivity contribution in [3.05, 3.63) is 17.7 Å². The first-order valence-electron chi connectivity index (χ1n) is 6.67. The molecule has 0 spiro atoms. The van der Waals surface area contributed by atoms with Crippen LogP contribution in [0.1, 0.15) is 24.2 Å². The monoisotopic (exact) mass is 359 g/mol. The predicted octanol–water partition coefficient (Wildman–Crippen LogP) is 2.96. The van der Waals surface area contributed by atoms with Gasteiger partial charge in [0.05, 0.1) is 21.3 Å². The van der Waals surface area contributed by atoms with Gasteiger partial charge in [-0.3, -0.25) is 4.79 Å². The Morgan fingerprint density at radius 1 is 1.14 bits per heavy atom. The minimum Gasteiger partial charge on any atom is -0.493 e. The summed E-state index contributed by atoms with van der Waals surface area (Å²) in [5, 5.41) is 0.724. The molecule has 0 heterocycles. The van der Waals surface area contributed by atoms with Crippen molar-refractivity contribution < 1.29 is 19.0 Å². The van der Waals surface area contributed by atoms with E-state index in [1.54, 1.807) is 17.0 Å². The van der Waals surface area contributed by atoms with E-state index in [1.165, 1.54) is 21.3 Å². The average molecular weight is 360 g/mol. The van der Waals surface area contributed by atoms with E-state index in [2.05, 4.69) is 15.9 Å². The van der Waals surface area contributed by atoms with E-state index >= 15 is 0 Å². The van der Waals surface area contributed by atoms with E-state index in [9.17, 15) is 4.79 Å². The fourth-order valence-corrected chi connectivity index (χ4v) is 2.44. The molecule has 1 aromatic rings. The van der Waals surface area contributed by atoms with E-state index in [1.807, 2.05) is 13.8 Å². The smallest absolute Gasteiger partial charge is 0.254 e. The molecule has 1 aromatic carbocycles. The van der Waals surface area contributed by atoms with Crippen LogP contribution in [0, 0.1) is 0 Å². The Kier molecular flexibility index (Phi) is 6.81. The molecule has 5 nitrogen and oxygen atoms in total. The van der Waals surface area contributed by atoms with Crippen LogP contribution >= 0.6 is 15.9 Å². The summed E-state index contributed by atoms with van der Waals surface area (Å²) in [6, 6.07) is 3.45. The Hall–Kier alpha value is -1.43. The van der Waals surface area contributed by atoms with Gasteiger partial charge in [0.1, 0.15) is 0 Å². The number of benzene rings is 1. The number of hydrogen-bond donors (Lipinski definition) is 0. The highest BCUT2D eigenvalue weighted by Crippen LogP contribution is 2.38. The number of hydrogen-bond acceptors (Lipinski definition) is 4. The first-order valence-corrected chi connectivity index (χ1v) is 7.79. The molecular formula is C15H22BrNO4. The van der Waals surface area contributed by atoms with Crippen LogP contribution in [0.2, 0.25) is 0 Å². The second kappa shape index (κ2) is 8.12. The number of amides is 1. The molecule has 0 aliphatic heterocycles. The Bertz CT molecular complexity index is 466. The van der Waals surface area contributed by atoms with Crippen molar-refractivity contribution in [1.82, 2.24) is 4.90 Å². The van der Waals surface area contributed by atoms with Crippen molar-refractivity contribution in [1.29, 1.82) is 0 Å². The number of alkyl halides is 1. The van der Waals surface area contributed by atoms with Gasteiger partial charge in [-0.25, -0.2) is 0 Å². The van der Waals surface area contributed by atoms with Gasteiger partial charge in [-0.2, -0.15) is 0 Å². The summed E-state index contributed by atoms with van der Waals surface area (Å²) in [6.45, 7) is 4.60. The molecule has 0 aliphatic carbocycles. The van der Waals surface area contributed by atoms with E-state index in [0.29, 0.717) is 29.4 Å². The number of halogens is 1. The lowest BCUT2D eigenvalue weighted by atomic mass is 10.1. The summed E-state index contributed by atoms with van der Waals surface area (Å²) >= 11 is 3.37. The number of carbonyl (C=O) groups is 1. The molecule has 6 heteroatoms. The molecule has 0 unspecified atom stereocenters. The molecular weight excluding hydrogens is 338 g/mol. The second-order valence-corrected chi connectivity index (χ2v) is 5.49. The van der Waals surface area contributed by atoms with E-state index in [-0.39, 0.29) is 11.9 Å². The third-order valence-electron chi connectivity index (χ3n) is 3.12. The van der Waals surface area contributed by atoms with Gasteiger partial charge in [-0.1, -0.05) is 15.9 Å². The van der Waals surface area contributed by atoms with Crippen LogP contribution < -0.4 is 14.2 Å².